The summed E-state index contributed by atoms with van der Waals surface area (Å²) >= 11 is 0. The average molecular weight is 251 g/mol. The third kappa shape index (κ3) is 2.46. The molecule has 4 bridgehead atoms. The predicted octanol–water partition coefficient (Wildman–Crippen LogP) is 2.95. The summed E-state index contributed by atoms with van der Waals surface area (Å²) in [7, 11) is 0. The van der Waals surface area contributed by atoms with Gasteiger partial charge in [-0.3, -0.25) is 0 Å². The van der Waals surface area contributed by atoms with Crippen LogP contribution < -0.4 is 5.32 Å². The second-order valence-corrected chi connectivity index (χ2v) is 7.58. The fourth-order valence-electron chi connectivity index (χ4n) is 5.22. The van der Waals surface area contributed by atoms with Crippen molar-refractivity contribution in [1.29, 1.82) is 0 Å². The van der Waals surface area contributed by atoms with Gasteiger partial charge in [-0.15, -0.1) is 0 Å². The van der Waals surface area contributed by atoms with Crippen LogP contribution in [-0.4, -0.2) is 23.3 Å². The first-order valence-electron chi connectivity index (χ1n) is 8.03. The zero-order valence-electron chi connectivity index (χ0n) is 12.0. The summed E-state index contributed by atoms with van der Waals surface area (Å²) in [6.07, 6.45) is 9.33. The number of hydrogen-bond donors (Lipinski definition) is 2. The van der Waals surface area contributed by atoms with Gasteiger partial charge in [-0.1, -0.05) is 13.3 Å². The van der Waals surface area contributed by atoms with Crippen LogP contribution in [0.1, 0.15) is 58.8 Å². The predicted molar refractivity (Wildman–Crippen MR) is 74.4 cm³/mol. The van der Waals surface area contributed by atoms with E-state index in [1.54, 1.807) is 0 Å². The number of rotatable bonds is 5. The van der Waals surface area contributed by atoms with Gasteiger partial charge in [0.25, 0.3) is 0 Å². The van der Waals surface area contributed by atoms with E-state index in [-0.39, 0.29) is 0 Å². The molecule has 1 atom stereocenters. The molecule has 4 fully saturated rings. The average Bonchev–Trinajstić information content (AvgIpc) is 2.26. The van der Waals surface area contributed by atoms with Gasteiger partial charge in [-0.2, -0.15) is 0 Å². The Labute approximate surface area is 112 Å². The largest absolute Gasteiger partial charge is 0.389 e. The molecule has 4 aliphatic carbocycles. The van der Waals surface area contributed by atoms with Crippen molar-refractivity contribution < 1.29 is 5.11 Å². The van der Waals surface area contributed by atoms with Crippen molar-refractivity contribution in [3.8, 4) is 0 Å². The topological polar surface area (TPSA) is 32.3 Å². The van der Waals surface area contributed by atoms with E-state index in [1.807, 2.05) is 6.92 Å². The Bertz CT molecular complexity index is 271. The molecule has 0 aromatic rings. The minimum Gasteiger partial charge on any atom is -0.389 e. The van der Waals surface area contributed by atoms with Crippen LogP contribution in [0.2, 0.25) is 0 Å². The number of aliphatic hydroxyl groups is 1. The van der Waals surface area contributed by atoms with Crippen molar-refractivity contribution in [2.45, 2.75) is 70.4 Å². The minimum atomic E-state index is -0.511. The molecule has 104 valence electrons. The summed E-state index contributed by atoms with van der Waals surface area (Å²) in [5, 5.41) is 14.0. The van der Waals surface area contributed by atoms with Crippen LogP contribution in [0.3, 0.4) is 0 Å². The van der Waals surface area contributed by atoms with Crippen LogP contribution in [0.15, 0.2) is 0 Å². The Hall–Kier alpha value is -0.0800. The highest BCUT2D eigenvalue weighted by atomic mass is 16.3. The SMILES string of the molecule is CCCC(C)(O)CNC1C2CC3CC(C2)CC1C3. The lowest BCUT2D eigenvalue weighted by Gasteiger charge is -2.55. The standard InChI is InChI=1S/C16H29NO/c1-3-4-16(2,18)10-17-15-13-6-11-5-12(8-13)9-14(15)7-11/h11-15,17-18H,3-10H2,1-2H3. The zero-order valence-corrected chi connectivity index (χ0v) is 12.0. The van der Waals surface area contributed by atoms with Crippen LogP contribution in [0.25, 0.3) is 0 Å². The molecule has 2 N–H and O–H groups in total. The lowest BCUT2D eigenvalue weighted by atomic mass is 9.54. The molecule has 0 spiro atoms. The van der Waals surface area contributed by atoms with Crippen molar-refractivity contribution in [1.82, 2.24) is 5.32 Å². The van der Waals surface area contributed by atoms with Gasteiger partial charge in [0.15, 0.2) is 0 Å². The van der Waals surface area contributed by atoms with Gasteiger partial charge in [-0.05, 0) is 69.1 Å². The molecule has 0 aromatic heterocycles. The molecule has 1 unspecified atom stereocenters. The van der Waals surface area contributed by atoms with E-state index in [9.17, 15) is 5.11 Å². The molecule has 2 nitrogen and oxygen atoms in total. The van der Waals surface area contributed by atoms with Crippen molar-refractivity contribution in [3.05, 3.63) is 0 Å². The molecular weight excluding hydrogens is 222 g/mol. The molecule has 4 rings (SSSR count). The molecule has 0 amide bonds. The van der Waals surface area contributed by atoms with Gasteiger partial charge in [0.2, 0.25) is 0 Å². The van der Waals surface area contributed by atoms with Crippen LogP contribution in [0.4, 0.5) is 0 Å². The highest BCUT2D eigenvalue weighted by Crippen LogP contribution is 2.53. The van der Waals surface area contributed by atoms with Crippen molar-refractivity contribution in [2.24, 2.45) is 23.7 Å². The minimum absolute atomic E-state index is 0.511. The lowest BCUT2D eigenvalue weighted by Crippen LogP contribution is -2.56. The Morgan fingerprint density at radius 3 is 2.11 bits per heavy atom. The monoisotopic (exact) mass is 251 g/mol. The first kappa shape index (κ1) is 12.9. The molecule has 0 aromatic carbocycles. The quantitative estimate of drug-likeness (QED) is 0.787. The molecule has 2 heteroatoms. The number of nitrogens with one attached hydrogen (secondary N) is 1. The van der Waals surface area contributed by atoms with Gasteiger partial charge in [0.05, 0.1) is 5.60 Å². The van der Waals surface area contributed by atoms with Gasteiger partial charge in [0.1, 0.15) is 0 Å². The lowest BCUT2D eigenvalue weighted by molar-refractivity contribution is -0.0266. The summed E-state index contributed by atoms with van der Waals surface area (Å²) in [4.78, 5) is 0. The summed E-state index contributed by atoms with van der Waals surface area (Å²) in [5.74, 6) is 3.92. The number of hydrogen-bond acceptors (Lipinski definition) is 2. The van der Waals surface area contributed by atoms with E-state index in [4.69, 9.17) is 0 Å². The van der Waals surface area contributed by atoms with Crippen LogP contribution in [0, 0.1) is 23.7 Å². The summed E-state index contributed by atoms with van der Waals surface area (Å²) in [5.41, 5.74) is -0.511. The van der Waals surface area contributed by atoms with Crippen molar-refractivity contribution in [3.63, 3.8) is 0 Å². The molecule has 0 aliphatic heterocycles. The van der Waals surface area contributed by atoms with E-state index in [0.717, 1.165) is 43.1 Å². The molecular formula is C16H29NO. The van der Waals surface area contributed by atoms with Gasteiger partial charge < -0.3 is 10.4 Å². The third-order valence-electron chi connectivity index (χ3n) is 5.73. The molecule has 4 saturated carbocycles. The summed E-state index contributed by atoms with van der Waals surface area (Å²) in [6.45, 7) is 4.92. The maximum atomic E-state index is 10.3. The third-order valence-corrected chi connectivity index (χ3v) is 5.73. The Balaban J connectivity index is 1.57. The van der Waals surface area contributed by atoms with Crippen LogP contribution in [-0.2, 0) is 0 Å². The summed E-state index contributed by atoms with van der Waals surface area (Å²) in [6, 6.07) is 0.709. The summed E-state index contributed by atoms with van der Waals surface area (Å²) < 4.78 is 0. The van der Waals surface area contributed by atoms with Crippen molar-refractivity contribution in [2.75, 3.05) is 6.54 Å². The van der Waals surface area contributed by atoms with Gasteiger partial charge in [-0.25, -0.2) is 0 Å². The Kier molecular flexibility index (Phi) is 3.44. The maximum absolute atomic E-state index is 10.3. The molecule has 18 heavy (non-hydrogen) atoms. The highest BCUT2D eigenvalue weighted by Gasteiger charge is 2.48. The molecule has 0 heterocycles. The highest BCUT2D eigenvalue weighted by molar-refractivity contribution is 5.01. The first-order valence-corrected chi connectivity index (χ1v) is 8.03. The normalized spacial score (nSPS) is 45.2. The molecule has 0 radical (unpaired) electrons. The first-order chi connectivity index (χ1) is 8.57. The second kappa shape index (κ2) is 4.79. The maximum Gasteiger partial charge on any atom is 0.0743 e. The van der Waals surface area contributed by atoms with E-state index >= 15 is 0 Å². The van der Waals surface area contributed by atoms with Crippen molar-refractivity contribution >= 4 is 0 Å². The fraction of sp³-hybridized carbons (Fsp3) is 1.00. The molecule has 0 saturated heterocycles. The van der Waals surface area contributed by atoms with E-state index in [2.05, 4.69) is 12.2 Å². The zero-order chi connectivity index (χ0) is 12.8. The van der Waals surface area contributed by atoms with Crippen LogP contribution in [0.5, 0.6) is 0 Å². The van der Waals surface area contributed by atoms with Gasteiger partial charge in [0, 0.05) is 12.6 Å². The smallest absolute Gasteiger partial charge is 0.0743 e. The molecule has 4 aliphatic rings. The van der Waals surface area contributed by atoms with E-state index in [1.165, 1.54) is 32.1 Å². The Morgan fingerprint density at radius 2 is 1.61 bits per heavy atom. The van der Waals surface area contributed by atoms with Gasteiger partial charge >= 0.3 is 0 Å². The second-order valence-electron chi connectivity index (χ2n) is 7.58. The van der Waals surface area contributed by atoms with Crippen LogP contribution >= 0.6 is 0 Å². The Morgan fingerprint density at radius 1 is 1.06 bits per heavy atom. The van der Waals surface area contributed by atoms with E-state index < -0.39 is 5.60 Å². The fourth-order valence-corrected chi connectivity index (χ4v) is 5.22. The van der Waals surface area contributed by atoms with E-state index in [0.29, 0.717) is 6.04 Å².